The minimum Gasteiger partial charge on any atom is -0.340 e. The van der Waals surface area contributed by atoms with Crippen LogP contribution in [-0.4, -0.2) is 52.8 Å². The highest BCUT2D eigenvalue weighted by molar-refractivity contribution is 7.09. The molecule has 1 aromatic heterocycles. The van der Waals surface area contributed by atoms with Gasteiger partial charge in [-0.3, -0.25) is 14.5 Å². The van der Waals surface area contributed by atoms with Gasteiger partial charge in [0.1, 0.15) is 5.01 Å². The van der Waals surface area contributed by atoms with Crippen LogP contribution >= 0.6 is 11.3 Å². The maximum atomic E-state index is 11.5. The average molecular weight is 370 g/mol. The van der Waals surface area contributed by atoms with Crippen LogP contribution in [0.25, 0.3) is 11.3 Å². The molecule has 1 fully saturated rings. The van der Waals surface area contributed by atoms with Gasteiger partial charge in [0, 0.05) is 56.2 Å². The van der Waals surface area contributed by atoms with Crippen LogP contribution in [0, 0.1) is 0 Å². The van der Waals surface area contributed by atoms with Gasteiger partial charge in [0.25, 0.3) is 0 Å². The lowest BCUT2D eigenvalue weighted by atomic mass is 9.99. The molecule has 0 saturated carbocycles. The minimum absolute atomic E-state index is 0.0889. The molecule has 0 aliphatic carbocycles. The second kappa shape index (κ2) is 7.17. The molecule has 6 nitrogen and oxygen atoms in total. The number of hydrogen-bond acceptors (Lipinski definition) is 5. The molecule has 1 N–H and O–H groups in total. The Morgan fingerprint density at radius 2 is 2.04 bits per heavy atom. The summed E-state index contributed by atoms with van der Waals surface area (Å²) in [5, 5.41) is 6.12. The van der Waals surface area contributed by atoms with E-state index in [1.165, 1.54) is 5.56 Å². The summed E-state index contributed by atoms with van der Waals surface area (Å²) in [5.74, 6) is 0.246. The molecule has 26 heavy (non-hydrogen) atoms. The van der Waals surface area contributed by atoms with E-state index in [2.05, 4.69) is 21.7 Å². The normalized spacial score (nSPS) is 17.7. The molecule has 0 radical (unpaired) electrons. The summed E-state index contributed by atoms with van der Waals surface area (Å²) in [6.45, 7) is 5.85. The van der Waals surface area contributed by atoms with Gasteiger partial charge in [0.05, 0.1) is 12.2 Å². The summed E-state index contributed by atoms with van der Waals surface area (Å²) >= 11 is 1.68. The summed E-state index contributed by atoms with van der Waals surface area (Å²) < 4.78 is 0. The van der Waals surface area contributed by atoms with E-state index in [1.54, 1.807) is 18.3 Å². The zero-order chi connectivity index (χ0) is 18.1. The van der Waals surface area contributed by atoms with Gasteiger partial charge >= 0.3 is 0 Å². The van der Waals surface area contributed by atoms with Gasteiger partial charge in [-0.1, -0.05) is 6.07 Å². The molecule has 1 saturated heterocycles. The van der Waals surface area contributed by atoms with E-state index in [9.17, 15) is 9.59 Å². The third-order valence-electron chi connectivity index (χ3n) is 5.02. The second-order valence-electron chi connectivity index (χ2n) is 6.83. The Morgan fingerprint density at radius 1 is 1.23 bits per heavy atom. The Hall–Kier alpha value is -2.25. The van der Waals surface area contributed by atoms with Crippen LogP contribution in [0.1, 0.15) is 23.9 Å². The zero-order valence-corrected chi connectivity index (χ0v) is 15.6. The molecule has 2 amide bonds. The van der Waals surface area contributed by atoms with Crippen molar-refractivity contribution in [1.29, 1.82) is 0 Å². The molecule has 4 rings (SSSR count). The highest BCUT2D eigenvalue weighted by Crippen LogP contribution is 2.29. The van der Waals surface area contributed by atoms with Crippen molar-refractivity contribution in [3.63, 3.8) is 0 Å². The van der Waals surface area contributed by atoms with E-state index in [0.717, 1.165) is 61.1 Å². The molecule has 2 aromatic rings. The van der Waals surface area contributed by atoms with E-state index in [1.807, 2.05) is 17.0 Å². The number of hydrogen-bond donors (Lipinski definition) is 1. The number of nitrogens with zero attached hydrogens (tertiary/aromatic N) is 3. The fourth-order valence-electron chi connectivity index (χ4n) is 3.47. The van der Waals surface area contributed by atoms with Crippen molar-refractivity contribution in [3.05, 3.63) is 34.2 Å². The minimum atomic E-state index is 0.0889. The largest absolute Gasteiger partial charge is 0.340 e. The lowest BCUT2D eigenvalue weighted by Crippen LogP contribution is -2.47. The van der Waals surface area contributed by atoms with Gasteiger partial charge in [-0.25, -0.2) is 4.98 Å². The molecule has 2 aliphatic rings. The van der Waals surface area contributed by atoms with E-state index < -0.39 is 0 Å². The molecule has 3 heterocycles. The van der Waals surface area contributed by atoms with Crippen molar-refractivity contribution in [1.82, 2.24) is 14.8 Å². The smallest absolute Gasteiger partial charge is 0.224 e. The first-order chi connectivity index (χ1) is 12.6. The fraction of sp³-hybridized carbons (Fsp3) is 0.421. The molecule has 1 aromatic carbocycles. The number of rotatable bonds is 3. The molecular weight excluding hydrogens is 348 g/mol. The number of fused-ring (bicyclic) bond motifs is 1. The Balaban J connectivity index is 1.42. The fourth-order valence-corrected chi connectivity index (χ4v) is 4.32. The van der Waals surface area contributed by atoms with Gasteiger partial charge in [-0.15, -0.1) is 11.3 Å². The number of amides is 2. The predicted molar refractivity (Wildman–Crippen MR) is 102 cm³/mol. The zero-order valence-electron chi connectivity index (χ0n) is 14.8. The molecule has 7 heteroatoms. The van der Waals surface area contributed by atoms with Gasteiger partial charge < -0.3 is 10.2 Å². The number of aryl methyl sites for hydroxylation is 1. The van der Waals surface area contributed by atoms with Crippen LogP contribution in [0.2, 0.25) is 0 Å². The Kier molecular flexibility index (Phi) is 4.74. The first-order valence-electron chi connectivity index (χ1n) is 8.94. The summed E-state index contributed by atoms with van der Waals surface area (Å²) in [7, 11) is 0. The van der Waals surface area contributed by atoms with Crippen molar-refractivity contribution in [2.45, 2.75) is 26.3 Å². The number of thiazole rings is 1. The predicted octanol–water partition coefficient (Wildman–Crippen LogP) is 2.36. The molecule has 0 atom stereocenters. The van der Waals surface area contributed by atoms with Crippen LogP contribution in [0.5, 0.6) is 0 Å². The van der Waals surface area contributed by atoms with E-state index >= 15 is 0 Å². The highest BCUT2D eigenvalue weighted by atomic mass is 32.1. The maximum Gasteiger partial charge on any atom is 0.224 e. The number of aromatic nitrogens is 1. The number of piperazine rings is 1. The summed E-state index contributed by atoms with van der Waals surface area (Å²) in [4.78, 5) is 32.0. The van der Waals surface area contributed by atoms with Crippen LogP contribution in [0.15, 0.2) is 23.6 Å². The summed E-state index contributed by atoms with van der Waals surface area (Å²) in [6.07, 6.45) is 1.33. The third-order valence-corrected chi connectivity index (χ3v) is 5.86. The van der Waals surface area contributed by atoms with Crippen molar-refractivity contribution in [2.75, 3.05) is 31.5 Å². The number of nitrogens with one attached hydrogen (secondary N) is 1. The number of anilines is 1. The Bertz CT molecular complexity index is 840. The Labute approximate surface area is 156 Å². The molecule has 0 unspecified atom stereocenters. The first-order valence-corrected chi connectivity index (χ1v) is 9.82. The SMILES string of the molecule is CC(=O)N1CCN(Cc2nc(-c3ccc4c(c3)CCC(=O)N4)cs2)CC1. The van der Waals surface area contributed by atoms with Crippen LogP contribution < -0.4 is 5.32 Å². The van der Waals surface area contributed by atoms with Crippen molar-refractivity contribution < 1.29 is 9.59 Å². The summed E-state index contributed by atoms with van der Waals surface area (Å²) in [6, 6.07) is 6.13. The van der Waals surface area contributed by atoms with E-state index in [0.29, 0.717) is 6.42 Å². The molecule has 136 valence electrons. The van der Waals surface area contributed by atoms with Crippen molar-refractivity contribution in [2.24, 2.45) is 0 Å². The first kappa shape index (κ1) is 17.2. The average Bonchev–Trinajstić information content (AvgIpc) is 3.10. The second-order valence-corrected chi connectivity index (χ2v) is 7.77. The highest BCUT2D eigenvalue weighted by Gasteiger charge is 2.20. The molecule has 2 aliphatic heterocycles. The van der Waals surface area contributed by atoms with Crippen LogP contribution in [0.3, 0.4) is 0 Å². The van der Waals surface area contributed by atoms with E-state index in [4.69, 9.17) is 4.98 Å². The molecular formula is C19H22N4O2S. The van der Waals surface area contributed by atoms with Gasteiger partial charge in [0.15, 0.2) is 0 Å². The van der Waals surface area contributed by atoms with Gasteiger partial charge in [-0.05, 0) is 24.1 Å². The van der Waals surface area contributed by atoms with Gasteiger partial charge in [0.2, 0.25) is 11.8 Å². The quantitative estimate of drug-likeness (QED) is 0.901. The van der Waals surface area contributed by atoms with Crippen LogP contribution in [0.4, 0.5) is 5.69 Å². The number of benzene rings is 1. The van der Waals surface area contributed by atoms with E-state index in [-0.39, 0.29) is 11.8 Å². The standard InChI is InChI=1S/C19H22N4O2S/c1-13(24)23-8-6-22(7-9-23)11-19-21-17(12-26-19)15-2-4-16-14(10-15)3-5-18(25)20-16/h2,4,10,12H,3,5-9,11H2,1H3,(H,20,25). The molecule has 0 spiro atoms. The van der Waals surface area contributed by atoms with Crippen molar-refractivity contribution >= 4 is 28.8 Å². The van der Waals surface area contributed by atoms with Crippen LogP contribution in [-0.2, 0) is 22.6 Å². The topological polar surface area (TPSA) is 65.5 Å². The number of carbonyl (C=O) groups excluding carboxylic acids is 2. The monoisotopic (exact) mass is 370 g/mol. The maximum absolute atomic E-state index is 11.5. The Morgan fingerprint density at radius 3 is 2.81 bits per heavy atom. The lowest BCUT2D eigenvalue weighted by Gasteiger charge is -2.33. The van der Waals surface area contributed by atoms with Gasteiger partial charge in [-0.2, -0.15) is 0 Å². The lowest BCUT2D eigenvalue weighted by molar-refractivity contribution is -0.130. The summed E-state index contributed by atoms with van der Waals surface area (Å²) in [5.41, 5.74) is 4.19. The third kappa shape index (κ3) is 3.64. The molecule has 0 bridgehead atoms. The van der Waals surface area contributed by atoms with Crippen molar-refractivity contribution in [3.8, 4) is 11.3 Å². The number of carbonyl (C=O) groups is 2.